The van der Waals surface area contributed by atoms with E-state index in [0.29, 0.717) is 25.9 Å². The Balaban J connectivity index is 1.52. The van der Waals surface area contributed by atoms with Crippen LogP contribution in [0.3, 0.4) is 0 Å². The fourth-order valence-corrected chi connectivity index (χ4v) is 4.78. The van der Waals surface area contributed by atoms with Crippen LogP contribution in [0.1, 0.15) is 18.4 Å². The van der Waals surface area contributed by atoms with E-state index >= 15 is 0 Å². The molecule has 1 aromatic heterocycles. The maximum atomic E-state index is 12.8. The summed E-state index contributed by atoms with van der Waals surface area (Å²) >= 11 is 0. The summed E-state index contributed by atoms with van der Waals surface area (Å²) in [6.45, 7) is 1.06. The van der Waals surface area contributed by atoms with Crippen LogP contribution >= 0.6 is 0 Å². The lowest BCUT2D eigenvalue weighted by Crippen LogP contribution is -2.46. The van der Waals surface area contributed by atoms with Crippen LogP contribution in [0.25, 0.3) is 23.0 Å². The van der Waals surface area contributed by atoms with Crippen molar-refractivity contribution >= 4 is 22.0 Å². The highest BCUT2D eigenvalue weighted by Gasteiger charge is 2.28. The molecule has 0 spiro atoms. The van der Waals surface area contributed by atoms with Crippen LogP contribution in [0.15, 0.2) is 72.9 Å². The molecular weight excluding hydrogens is 436 g/mol. The molecule has 1 aliphatic heterocycles. The van der Waals surface area contributed by atoms with Gasteiger partial charge in [0.05, 0.1) is 17.6 Å². The number of likely N-dealkylation sites (tertiary alicyclic amines) is 1. The molecular formula is C25H28N4O3S. The molecule has 0 N–H and O–H groups in total. The van der Waals surface area contributed by atoms with E-state index in [2.05, 4.69) is 0 Å². The highest BCUT2D eigenvalue weighted by Crippen LogP contribution is 2.25. The van der Waals surface area contributed by atoms with E-state index in [9.17, 15) is 13.2 Å². The molecule has 8 heteroatoms. The van der Waals surface area contributed by atoms with Crippen LogP contribution in [-0.2, 0) is 14.8 Å². The lowest BCUT2D eigenvalue weighted by molar-refractivity contribution is -0.127. The molecule has 4 rings (SSSR count). The minimum absolute atomic E-state index is 0.0678. The monoisotopic (exact) mass is 464 g/mol. The Hall–Kier alpha value is -3.23. The van der Waals surface area contributed by atoms with E-state index in [1.165, 1.54) is 10.6 Å². The van der Waals surface area contributed by atoms with Gasteiger partial charge in [-0.05, 0) is 31.1 Å². The van der Waals surface area contributed by atoms with Gasteiger partial charge in [0.15, 0.2) is 0 Å². The molecule has 0 atom stereocenters. The molecule has 1 aliphatic rings. The van der Waals surface area contributed by atoms with Crippen LogP contribution in [0.2, 0.25) is 0 Å². The first-order valence-electron chi connectivity index (χ1n) is 10.9. The molecule has 3 aromatic rings. The molecule has 0 aliphatic carbocycles. The van der Waals surface area contributed by atoms with Crippen molar-refractivity contribution in [2.45, 2.75) is 18.9 Å². The van der Waals surface area contributed by atoms with E-state index in [1.807, 2.05) is 77.6 Å². The highest BCUT2D eigenvalue weighted by atomic mass is 32.2. The number of amides is 1. The van der Waals surface area contributed by atoms with Crippen LogP contribution < -0.4 is 0 Å². The van der Waals surface area contributed by atoms with Gasteiger partial charge in [-0.3, -0.25) is 4.79 Å². The molecule has 0 saturated carbocycles. The minimum atomic E-state index is -3.23. The number of hydrogen-bond donors (Lipinski definition) is 0. The largest absolute Gasteiger partial charge is 0.339 e. The van der Waals surface area contributed by atoms with E-state index in [4.69, 9.17) is 5.10 Å². The zero-order valence-electron chi connectivity index (χ0n) is 18.8. The van der Waals surface area contributed by atoms with Crippen molar-refractivity contribution in [3.05, 3.63) is 78.5 Å². The van der Waals surface area contributed by atoms with Gasteiger partial charge in [0, 0.05) is 49.6 Å². The van der Waals surface area contributed by atoms with E-state index in [-0.39, 0.29) is 11.9 Å². The Morgan fingerprint density at radius 2 is 1.64 bits per heavy atom. The first-order chi connectivity index (χ1) is 15.8. The summed E-state index contributed by atoms with van der Waals surface area (Å²) in [6, 6.07) is 19.7. The topological polar surface area (TPSA) is 75.5 Å². The Morgan fingerprint density at radius 1 is 1.03 bits per heavy atom. The van der Waals surface area contributed by atoms with Gasteiger partial charge >= 0.3 is 0 Å². The number of piperidine rings is 1. The summed E-state index contributed by atoms with van der Waals surface area (Å²) in [6.07, 6.45) is 7.79. The van der Waals surface area contributed by atoms with E-state index < -0.39 is 10.0 Å². The molecule has 2 aromatic carbocycles. The van der Waals surface area contributed by atoms with Crippen molar-refractivity contribution in [3.63, 3.8) is 0 Å². The van der Waals surface area contributed by atoms with Crippen LogP contribution in [-0.4, -0.2) is 65.7 Å². The first kappa shape index (κ1) is 22.9. The quantitative estimate of drug-likeness (QED) is 0.524. The fraction of sp³-hybridized carbons (Fsp3) is 0.280. The summed E-state index contributed by atoms with van der Waals surface area (Å²) in [5.74, 6) is -0.0815. The Morgan fingerprint density at radius 3 is 2.24 bits per heavy atom. The third-order valence-electron chi connectivity index (χ3n) is 6.03. The second-order valence-electron chi connectivity index (χ2n) is 8.25. The summed E-state index contributed by atoms with van der Waals surface area (Å²) in [5, 5.41) is 4.77. The molecule has 1 amide bonds. The van der Waals surface area contributed by atoms with Crippen molar-refractivity contribution in [2.24, 2.45) is 0 Å². The summed E-state index contributed by atoms with van der Waals surface area (Å²) in [4.78, 5) is 14.6. The normalized spacial score (nSPS) is 15.4. The van der Waals surface area contributed by atoms with Crippen LogP contribution in [0.4, 0.5) is 0 Å². The van der Waals surface area contributed by atoms with Crippen molar-refractivity contribution in [3.8, 4) is 16.9 Å². The van der Waals surface area contributed by atoms with Crippen molar-refractivity contribution in [1.29, 1.82) is 0 Å². The van der Waals surface area contributed by atoms with Gasteiger partial charge in [-0.2, -0.15) is 5.10 Å². The van der Waals surface area contributed by atoms with Gasteiger partial charge in [0.25, 0.3) is 0 Å². The number of carbonyl (C=O) groups excluding carboxylic acids is 1. The number of rotatable bonds is 6. The summed E-state index contributed by atoms with van der Waals surface area (Å²) in [7, 11) is -1.63. The lowest BCUT2D eigenvalue weighted by atomic mass is 10.0. The zero-order chi connectivity index (χ0) is 23.4. The highest BCUT2D eigenvalue weighted by molar-refractivity contribution is 7.88. The van der Waals surface area contributed by atoms with Gasteiger partial charge in [0.1, 0.15) is 0 Å². The lowest BCUT2D eigenvalue weighted by Gasteiger charge is -2.35. The smallest absolute Gasteiger partial charge is 0.246 e. The maximum absolute atomic E-state index is 12.8. The average Bonchev–Trinajstić information content (AvgIpc) is 3.27. The number of para-hydroxylation sites is 1. The van der Waals surface area contributed by atoms with Gasteiger partial charge < -0.3 is 4.90 Å². The molecule has 1 fully saturated rings. The molecule has 172 valence electrons. The van der Waals surface area contributed by atoms with Gasteiger partial charge in [-0.25, -0.2) is 17.4 Å². The number of hydrogen-bond acceptors (Lipinski definition) is 4. The van der Waals surface area contributed by atoms with Gasteiger partial charge in [0.2, 0.25) is 15.9 Å². The molecule has 0 unspecified atom stereocenters. The number of nitrogens with zero attached hydrogens (tertiary/aromatic N) is 4. The second kappa shape index (κ2) is 9.72. The Labute approximate surface area is 195 Å². The fourth-order valence-electron chi connectivity index (χ4n) is 4.03. The zero-order valence-corrected chi connectivity index (χ0v) is 19.6. The van der Waals surface area contributed by atoms with Crippen molar-refractivity contribution in [2.75, 3.05) is 26.4 Å². The summed E-state index contributed by atoms with van der Waals surface area (Å²) < 4.78 is 26.8. The maximum Gasteiger partial charge on any atom is 0.246 e. The second-order valence-corrected chi connectivity index (χ2v) is 10.3. The molecule has 7 nitrogen and oxygen atoms in total. The molecule has 0 bridgehead atoms. The third kappa shape index (κ3) is 5.40. The van der Waals surface area contributed by atoms with Crippen LogP contribution in [0, 0.1) is 0 Å². The number of aromatic nitrogens is 2. The Kier molecular flexibility index (Phi) is 6.76. The van der Waals surface area contributed by atoms with Gasteiger partial charge in [-0.1, -0.05) is 48.5 Å². The van der Waals surface area contributed by atoms with Crippen molar-refractivity contribution < 1.29 is 13.2 Å². The molecule has 33 heavy (non-hydrogen) atoms. The minimum Gasteiger partial charge on any atom is -0.339 e. The summed E-state index contributed by atoms with van der Waals surface area (Å²) in [5.41, 5.74) is 3.57. The average molecular weight is 465 g/mol. The number of carbonyl (C=O) groups is 1. The van der Waals surface area contributed by atoms with Crippen molar-refractivity contribution in [1.82, 2.24) is 19.0 Å². The molecule has 0 radical (unpaired) electrons. The number of benzene rings is 2. The third-order valence-corrected chi connectivity index (χ3v) is 7.37. The standard InChI is InChI=1S/C25H28N4O3S/c1-27(33(2,31)32)22-15-17-28(18-16-22)24(30)14-13-21-19-29(23-11-7-4-8-12-23)26-25(21)20-9-5-3-6-10-20/h3-14,19,22H,15-18H2,1-2H3/b14-13+. The first-order valence-corrected chi connectivity index (χ1v) is 12.8. The van der Waals surface area contributed by atoms with E-state index in [0.717, 1.165) is 22.5 Å². The van der Waals surface area contributed by atoms with Gasteiger partial charge in [-0.15, -0.1) is 0 Å². The van der Waals surface area contributed by atoms with Crippen LogP contribution in [0.5, 0.6) is 0 Å². The molecule has 1 saturated heterocycles. The Bertz CT molecular complexity index is 1230. The number of sulfonamides is 1. The SMILES string of the molecule is CN(C1CCN(C(=O)/C=C/c2cn(-c3ccccc3)nc2-c2ccccc2)CC1)S(C)(=O)=O. The van der Waals surface area contributed by atoms with E-state index in [1.54, 1.807) is 18.0 Å². The predicted molar refractivity (Wildman–Crippen MR) is 130 cm³/mol. The predicted octanol–water partition coefficient (Wildman–Crippen LogP) is 3.43. The molecule has 2 heterocycles.